The SMILES string of the molecule is CSC(CO)C(C)NCc1ccc(C#N)cc1Cl. The molecule has 0 fully saturated rings. The Bertz CT molecular complexity index is 429. The van der Waals surface area contributed by atoms with Gasteiger partial charge in [0.25, 0.3) is 0 Å². The van der Waals surface area contributed by atoms with Crippen molar-refractivity contribution < 1.29 is 5.11 Å². The number of hydrogen-bond donors (Lipinski definition) is 2. The van der Waals surface area contributed by atoms with Gasteiger partial charge in [-0.1, -0.05) is 17.7 Å². The molecule has 3 nitrogen and oxygen atoms in total. The fraction of sp³-hybridized carbons (Fsp3) is 0.462. The maximum absolute atomic E-state index is 9.19. The second-order valence-electron chi connectivity index (χ2n) is 4.04. The largest absolute Gasteiger partial charge is 0.395 e. The van der Waals surface area contributed by atoms with E-state index < -0.39 is 0 Å². The van der Waals surface area contributed by atoms with E-state index >= 15 is 0 Å². The quantitative estimate of drug-likeness (QED) is 0.842. The number of hydrogen-bond acceptors (Lipinski definition) is 4. The normalized spacial score (nSPS) is 13.9. The summed E-state index contributed by atoms with van der Waals surface area (Å²) in [6, 6.07) is 7.52. The molecule has 2 unspecified atom stereocenters. The first-order valence-corrected chi connectivity index (χ1v) is 7.34. The average molecular weight is 285 g/mol. The third kappa shape index (κ3) is 4.18. The second kappa shape index (κ2) is 7.65. The molecular weight excluding hydrogens is 268 g/mol. The Balaban J connectivity index is 2.61. The lowest BCUT2D eigenvalue weighted by molar-refractivity contribution is 0.276. The number of nitriles is 1. The average Bonchev–Trinajstić information content (AvgIpc) is 2.38. The number of aliphatic hydroxyl groups is 1. The number of nitrogens with one attached hydrogen (secondary N) is 1. The van der Waals surface area contributed by atoms with E-state index in [-0.39, 0.29) is 17.9 Å². The van der Waals surface area contributed by atoms with Crippen molar-refractivity contribution in [2.45, 2.75) is 24.8 Å². The molecule has 0 aliphatic rings. The first kappa shape index (κ1) is 15.3. The molecule has 0 amide bonds. The number of rotatable bonds is 6. The van der Waals surface area contributed by atoms with Crippen molar-refractivity contribution in [1.29, 1.82) is 5.26 Å². The minimum Gasteiger partial charge on any atom is -0.395 e. The molecular formula is C13H17ClN2OS. The lowest BCUT2D eigenvalue weighted by Crippen LogP contribution is -2.37. The molecule has 1 aromatic carbocycles. The Hall–Kier alpha value is -0.730. The van der Waals surface area contributed by atoms with Gasteiger partial charge in [0.1, 0.15) is 0 Å². The summed E-state index contributed by atoms with van der Waals surface area (Å²) < 4.78 is 0. The van der Waals surface area contributed by atoms with Crippen LogP contribution < -0.4 is 5.32 Å². The van der Waals surface area contributed by atoms with Gasteiger partial charge in [-0.05, 0) is 30.9 Å². The molecule has 0 saturated carbocycles. The van der Waals surface area contributed by atoms with Crippen LogP contribution in [0.5, 0.6) is 0 Å². The molecule has 1 rings (SSSR count). The summed E-state index contributed by atoms with van der Waals surface area (Å²) in [5.41, 5.74) is 1.52. The van der Waals surface area contributed by atoms with E-state index in [0.717, 1.165) is 5.56 Å². The highest BCUT2D eigenvalue weighted by molar-refractivity contribution is 7.99. The van der Waals surface area contributed by atoms with Gasteiger partial charge in [0, 0.05) is 22.9 Å². The van der Waals surface area contributed by atoms with E-state index in [1.54, 1.807) is 23.9 Å². The molecule has 18 heavy (non-hydrogen) atoms. The number of benzene rings is 1. The standard InChI is InChI=1S/C13H17ClN2OS/c1-9(13(8-17)18-2)16-7-11-4-3-10(6-15)5-12(11)14/h3-5,9,13,16-17H,7-8H2,1-2H3. The van der Waals surface area contributed by atoms with Gasteiger partial charge in [-0.2, -0.15) is 17.0 Å². The molecule has 5 heteroatoms. The van der Waals surface area contributed by atoms with Crippen LogP contribution in [-0.4, -0.2) is 29.3 Å². The van der Waals surface area contributed by atoms with E-state index in [1.165, 1.54) is 0 Å². The third-order valence-electron chi connectivity index (χ3n) is 2.84. The highest BCUT2D eigenvalue weighted by atomic mass is 35.5. The van der Waals surface area contributed by atoms with Gasteiger partial charge >= 0.3 is 0 Å². The van der Waals surface area contributed by atoms with E-state index in [4.69, 9.17) is 16.9 Å². The van der Waals surface area contributed by atoms with Crippen molar-refractivity contribution >= 4 is 23.4 Å². The van der Waals surface area contributed by atoms with Crippen LogP contribution in [0.25, 0.3) is 0 Å². The van der Waals surface area contributed by atoms with Gasteiger partial charge in [-0.25, -0.2) is 0 Å². The van der Waals surface area contributed by atoms with Crippen LogP contribution in [0.1, 0.15) is 18.1 Å². The number of thioether (sulfide) groups is 1. The Morgan fingerprint density at radius 1 is 1.56 bits per heavy atom. The van der Waals surface area contributed by atoms with Gasteiger partial charge < -0.3 is 10.4 Å². The molecule has 0 aliphatic carbocycles. The summed E-state index contributed by atoms with van der Waals surface area (Å²) >= 11 is 7.73. The van der Waals surface area contributed by atoms with Crippen LogP contribution in [0.3, 0.4) is 0 Å². The molecule has 98 valence electrons. The van der Waals surface area contributed by atoms with Crippen LogP contribution >= 0.6 is 23.4 Å². The molecule has 0 aliphatic heterocycles. The Kier molecular flexibility index (Phi) is 6.51. The van der Waals surface area contributed by atoms with E-state index in [2.05, 4.69) is 11.4 Å². The van der Waals surface area contributed by atoms with Crippen LogP contribution in [0.4, 0.5) is 0 Å². The fourth-order valence-electron chi connectivity index (χ4n) is 1.60. The zero-order valence-electron chi connectivity index (χ0n) is 10.5. The van der Waals surface area contributed by atoms with E-state index in [1.807, 2.05) is 19.2 Å². The van der Waals surface area contributed by atoms with E-state index in [0.29, 0.717) is 17.1 Å². The van der Waals surface area contributed by atoms with Gasteiger partial charge in [0.2, 0.25) is 0 Å². The van der Waals surface area contributed by atoms with Crippen LogP contribution in [0.2, 0.25) is 5.02 Å². The maximum Gasteiger partial charge on any atom is 0.0992 e. The lowest BCUT2D eigenvalue weighted by atomic mass is 10.1. The molecule has 0 aromatic heterocycles. The lowest BCUT2D eigenvalue weighted by Gasteiger charge is -2.21. The van der Waals surface area contributed by atoms with Gasteiger partial charge in [0.05, 0.1) is 18.2 Å². The molecule has 0 radical (unpaired) electrons. The molecule has 2 atom stereocenters. The fourth-order valence-corrected chi connectivity index (χ4v) is 2.50. The van der Waals surface area contributed by atoms with Crippen molar-refractivity contribution in [2.24, 2.45) is 0 Å². The molecule has 0 spiro atoms. The summed E-state index contributed by atoms with van der Waals surface area (Å²) in [4.78, 5) is 0. The number of nitrogens with zero attached hydrogens (tertiary/aromatic N) is 1. The van der Waals surface area contributed by atoms with Crippen molar-refractivity contribution in [1.82, 2.24) is 5.32 Å². The number of halogens is 1. The highest BCUT2D eigenvalue weighted by Crippen LogP contribution is 2.18. The van der Waals surface area contributed by atoms with Crippen LogP contribution in [0, 0.1) is 11.3 Å². The monoisotopic (exact) mass is 284 g/mol. The Morgan fingerprint density at radius 3 is 2.78 bits per heavy atom. The minimum absolute atomic E-state index is 0.149. The minimum atomic E-state index is 0.149. The van der Waals surface area contributed by atoms with Crippen molar-refractivity contribution in [3.63, 3.8) is 0 Å². The summed E-state index contributed by atoms with van der Waals surface area (Å²) in [5, 5.41) is 22.0. The summed E-state index contributed by atoms with van der Waals surface area (Å²) in [6.07, 6.45) is 1.98. The molecule has 0 saturated heterocycles. The third-order valence-corrected chi connectivity index (χ3v) is 4.35. The van der Waals surface area contributed by atoms with Crippen LogP contribution in [-0.2, 0) is 6.54 Å². The summed E-state index contributed by atoms with van der Waals surface area (Å²) in [5.74, 6) is 0. The number of aliphatic hydroxyl groups excluding tert-OH is 1. The van der Waals surface area contributed by atoms with Gasteiger partial charge in [-0.15, -0.1) is 0 Å². The van der Waals surface area contributed by atoms with Crippen molar-refractivity contribution in [3.05, 3.63) is 34.3 Å². The van der Waals surface area contributed by atoms with Crippen molar-refractivity contribution in [3.8, 4) is 6.07 Å². The highest BCUT2D eigenvalue weighted by Gasteiger charge is 2.14. The van der Waals surface area contributed by atoms with Crippen LogP contribution in [0.15, 0.2) is 18.2 Å². The predicted molar refractivity (Wildman–Crippen MR) is 76.9 cm³/mol. The summed E-state index contributed by atoms with van der Waals surface area (Å²) in [7, 11) is 0. The first-order chi connectivity index (χ1) is 8.62. The van der Waals surface area contributed by atoms with Crippen molar-refractivity contribution in [2.75, 3.05) is 12.9 Å². The topological polar surface area (TPSA) is 56.0 Å². The smallest absolute Gasteiger partial charge is 0.0992 e. The molecule has 0 bridgehead atoms. The zero-order valence-corrected chi connectivity index (χ0v) is 12.1. The predicted octanol–water partition coefficient (Wildman–Crippen LogP) is 2.41. The molecule has 2 N–H and O–H groups in total. The molecule has 1 aromatic rings. The first-order valence-electron chi connectivity index (χ1n) is 5.68. The Labute approximate surface area is 117 Å². The second-order valence-corrected chi connectivity index (χ2v) is 5.53. The van der Waals surface area contributed by atoms with Gasteiger partial charge in [-0.3, -0.25) is 0 Å². The van der Waals surface area contributed by atoms with E-state index in [9.17, 15) is 5.11 Å². The zero-order chi connectivity index (χ0) is 13.5. The maximum atomic E-state index is 9.19. The Morgan fingerprint density at radius 2 is 2.28 bits per heavy atom. The van der Waals surface area contributed by atoms with Gasteiger partial charge in [0.15, 0.2) is 0 Å². The molecule has 0 heterocycles. The summed E-state index contributed by atoms with van der Waals surface area (Å²) in [6.45, 7) is 2.81.